The molecule has 1 amide bonds. The molecule has 2 aromatic carbocycles. The van der Waals surface area contributed by atoms with Gasteiger partial charge in [-0.1, -0.05) is 41.6 Å². The molecule has 4 rings (SSSR count). The van der Waals surface area contributed by atoms with Crippen molar-refractivity contribution < 1.29 is 9.53 Å². The van der Waals surface area contributed by atoms with Gasteiger partial charge in [-0.2, -0.15) is 0 Å². The molecule has 1 aromatic heterocycles. The number of carbonyl (C=O) groups is 1. The fourth-order valence-electron chi connectivity index (χ4n) is 2.93. The van der Waals surface area contributed by atoms with Gasteiger partial charge in [-0.3, -0.25) is 4.79 Å². The standard InChI is InChI=1S/C19H18N4O2/c24-19(18-14-23(21-20-18)15-7-3-1-4-8-15)22-12-11-17(13-22)25-16-9-5-2-6-10-16/h1-10,14,17H,11-13H2/t17-/m1/s1. The Bertz CT molecular complexity index is 848. The highest BCUT2D eigenvalue weighted by atomic mass is 16.5. The number of para-hydroxylation sites is 2. The van der Waals surface area contributed by atoms with E-state index in [0.29, 0.717) is 18.8 Å². The monoisotopic (exact) mass is 334 g/mol. The minimum atomic E-state index is -0.110. The molecule has 0 N–H and O–H groups in total. The summed E-state index contributed by atoms with van der Waals surface area (Å²) < 4.78 is 7.54. The first-order chi connectivity index (χ1) is 12.3. The number of likely N-dealkylation sites (tertiary alicyclic amines) is 1. The second-order valence-corrected chi connectivity index (χ2v) is 5.98. The number of rotatable bonds is 4. The molecule has 6 nitrogen and oxygen atoms in total. The molecule has 0 saturated carbocycles. The van der Waals surface area contributed by atoms with Gasteiger partial charge in [0.05, 0.1) is 18.4 Å². The zero-order valence-corrected chi connectivity index (χ0v) is 13.7. The second-order valence-electron chi connectivity index (χ2n) is 5.98. The third-order valence-corrected chi connectivity index (χ3v) is 4.21. The van der Waals surface area contributed by atoms with Crippen molar-refractivity contribution in [3.05, 3.63) is 72.6 Å². The summed E-state index contributed by atoms with van der Waals surface area (Å²) in [5.74, 6) is 0.721. The molecule has 0 aliphatic carbocycles. The SMILES string of the molecule is O=C(c1cn(-c2ccccc2)nn1)N1CC[C@@H](Oc2ccccc2)C1. The molecule has 3 aromatic rings. The van der Waals surface area contributed by atoms with Crippen LogP contribution in [0.2, 0.25) is 0 Å². The lowest BCUT2D eigenvalue weighted by Crippen LogP contribution is -2.31. The Labute approximate surface area is 145 Å². The fraction of sp³-hybridized carbons (Fsp3) is 0.211. The molecule has 0 unspecified atom stereocenters. The number of carbonyl (C=O) groups excluding carboxylic acids is 1. The number of nitrogens with zero attached hydrogens (tertiary/aromatic N) is 4. The van der Waals surface area contributed by atoms with Crippen molar-refractivity contribution in [3.8, 4) is 11.4 Å². The molecule has 1 saturated heterocycles. The summed E-state index contributed by atoms with van der Waals surface area (Å²) in [5.41, 5.74) is 1.23. The lowest BCUT2D eigenvalue weighted by Gasteiger charge is -2.16. The summed E-state index contributed by atoms with van der Waals surface area (Å²) in [6, 6.07) is 19.3. The third kappa shape index (κ3) is 3.38. The van der Waals surface area contributed by atoms with Gasteiger partial charge in [0.2, 0.25) is 0 Å². The van der Waals surface area contributed by atoms with E-state index < -0.39 is 0 Å². The molecule has 1 atom stereocenters. The first-order valence-electron chi connectivity index (χ1n) is 8.28. The first kappa shape index (κ1) is 15.4. The minimum absolute atomic E-state index is 0.00974. The smallest absolute Gasteiger partial charge is 0.276 e. The summed E-state index contributed by atoms with van der Waals surface area (Å²) in [7, 11) is 0. The van der Waals surface area contributed by atoms with E-state index in [0.717, 1.165) is 17.9 Å². The maximum atomic E-state index is 12.6. The van der Waals surface area contributed by atoms with Gasteiger partial charge < -0.3 is 9.64 Å². The Morgan fingerprint density at radius 3 is 2.52 bits per heavy atom. The predicted molar refractivity (Wildman–Crippen MR) is 92.7 cm³/mol. The molecule has 1 aliphatic rings. The van der Waals surface area contributed by atoms with Crippen LogP contribution < -0.4 is 4.74 Å². The van der Waals surface area contributed by atoms with Crippen LogP contribution in [0.4, 0.5) is 0 Å². The largest absolute Gasteiger partial charge is 0.489 e. The van der Waals surface area contributed by atoms with Crippen molar-refractivity contribution in [2.45, 2.75) is 12.5 Å². The number of hydrogen-bond acceptors (Lipinski definition) is 4. The lowest BCUT2D eigenvalue weighted by atomic mass is 10.3. The normalized spacial score (nSPS) is 16.8. The van der Waals surface area contributed by atoms with E-state index in [-0.39, 0.29) is 12.0 Å². The minimum Gasteiger partial charge on any atom is -0.489 e. The van der Waals surface area contributed by atoms with E-state index in [1.165, 1.54) is 0 Å². The topological polar surface area (TPSA) is 60.2 Å². The highest BCUT2D eigenvalue weighted by molar-refractivity contribution is 5.92. The van der Waals surface area contributed by atoms with Crippen molar-refractivity contribution >= 4 is 5.91 Å². The van der Waals surface area contributed by atoms with Crippen molar-refractivity contribution in [2.24, 2.45) is 0 Å². The molecule has 1 aliphatic heterocycles. The second kappa shape index (κ2) is 6.76. The Hall–Kier alpha value is -3.15. The fourth-order valence-corrected chi connectivity index (χ4v) is 2.93. The van der Waals surface area contributed by atoms with Gasteiger partial charge in [0, 0.05) is 13.0 Å². The van der Waals surface area contributed by atoms with Crippen molar-refractivity contribution in [3.63, 3.8) is 0 Å². The summed E-state index contributed by atoms with van der Waals surface area (Å²) in [4.78, 5) is 14.4. The molecule has 25 heavy (non-hydrogen) atoms. The van der Waals surface area contributed by atoms with Crippen LogP contribution in [0.3, 0.4) is 0 Å². The zero-order chi connectivity index (χ0) is 17.1. The average Bonchev–Trinajstić information content (AvgIpc) is 3.33. The summed E-state index contributed by atoms with van der Waals surface area (Å²) in [5, 5.41) is 8.08. The van der Waals surface area contributed by atoms with Crippen LogP contribution in [0, 0.1) is 0 Å². The number of hydrogen-bond donors (Lipinski definition) is 0. The van der Waals surface area contributed by atoms with E-state index >= 15 is 0 Å². The first-order valence-corrected chi connectivity index (χ1v) is 8.28. The van der Waals surface area contributed by atoms with E-state index in [2.05, 4.69) is 10.3 Å². The van der Waals surface area contributed by atoms with Gasteiger partial charge in [-0.15, -0.1) is 5.10 Å². The van der Waals surface area contributed by atoms with Gasteiger partial charge in [-0.05, 0) is 24.3 Å². The summed E-state index contributed by atoms with van der Waals surface area (Å²) in [6.45, 7) is 1.22. The van der Waals surface area contributed by atoms with E-state index in [1.807, 2.05) is 60.7 Å². The van der Waals surface area contributed by atoms with Gasteiger partial charge in [0.15, 0.2) is 5.69 Å². The molecule has 0 radical (unpaired) electrons. The Kier molecular flexibility index (Phi) is 4.16. The molecule has 6 heteroatoms. The quantitative estimate of drug-likeness (QED) is 0.736. The highest BCUT2D eigenvalue weighted by Crippen LogP contribution is 2.19. The van der Waals surface area contributed by atoms with Crippen molar-refractivity contribution in [1.29, 1.82) is 0 Å². The number of ether oxygens (including phenoxy) is 1. The predicted octanol–water partition coefficient (Wildman–Crippen LogP) is 2.56. The van der Waals surface area contributed by atoms with E-state index in [1.54, 1.807) is 15.8 Å². The number of benzene rings is 2. The highest BCUT2D eigenvalue weighted by Gasteiger charge is 2.29. The van der Waals surface area contributed by atoms with Crippen LogP contribution in [0.5, 0.6) is 5.75 Å². The van der Waals surface area contributed by atoms with Crippen molar-refractivity contribution in [2.75, 3.05) is 13.1 Å². The number of amides is 1. The van der Waals surface area contributed by atoms with Gasteiger partial charge in [0.1, 0.15) is 11.9 Å². The zero-order valence-electron chi connectivity index (χ0n) is 13.7. The van der Waals surface area contributed by atoms with Gasteiger partial charge in [0.25, 0.3) is 5.91 Å². The van der Waals surface area contributed by atoms with Gasteiger partial charge in [-0.25, -0.2) is 4.68 Å². The molecule has 126 valence electrons. The Balaban J connectivity index is 1.41. The van der Waals surface area contributed by atoms with Crippen LogP contribution >= 0.6 is 0 Å². The van der Waals surface area contributed by atoms with Crippen LogP contribution in [-0.2, 0) is 0 Å². The Morgan fingerprint density at radius 2 is 1.76 bits per heavy atom. The van der Waals surface area contributed by atoms with Crippen LogP contribution in [0.15, 0.2) is 66.9 Å². The molecular formula is C19H18N4O2. The Morgan fingerprint density at radius 1 is 1.04 bits per heavy atom. The summed E-state index contributed by atoms with van der Waals surface area (Å²) >= 11 is 0. The van der Waals surface area contributed by atoms with Crippen LogP contribution in [-0.4, -0.2) is 45.0 Å². The molecule has 2 heterocycles. The number of aromatic nitrogens is 3. The third-order valence-electron chi connectivity index (χ3n) is 4.21. The summed E-state index contributed by atoms with van der Waals surface area (Å²) in [6.07, 6.45) is 2.49. The maximum absolute atomic E-state index is 12.6. The van der Waals surface area contributed by atoms with E-state index in [9.17, 15) is 4.79 Å². The van der Waals surface area contributed by atoms with Crippen LogP contribution in [0.1, 0.15) is 16.9 Å². The lowest BCUT2D eigenvalue weighted by molar-refractivity contribution is 0.0766. The van der Waals surface area contributed by atoms with Gasteiger partial charge >= 0.3 is 0 Å². The molecule has 0 spiro atoms. The molecule has 1 fully saturated rings. The van der Waals surface area contributed by atoms with Crippen LogP contribution in [0.25, 0.3) is 5.69 Å². The molecule has 0 bridgehead atoms. The van der Waals surface area contributed by atoms with E-state index in [4.69, 9.17) is 4.74 Å². The average molecular weight is 334 g/mol. The molecular weight excluding hydrogens is 316 g/mol. The maximum Gasteiger partial charge on any atom is 0.276 e. The van der Waals surface area contributed by atoms with Crippen molar-refractivity contribution in [1.82, 2.24) is 19.9 Å².